The predicted octanol–water partition coefficient (Wildman–Crippen LogP) is 2.42. The van der Waals surface area contributed by atoms with Gasteiger partial charge in [-0.3, -0.25) is 14.7 Å². The van der Waals surface area contributed by atoms with Crippen LogP contribution < -0.4 is 9.46 Å². The molecule has 0 spiro atoms. The molecular weight excluding hydrogens is 459 g/mol. The van der Waals surface area contributed by atoms with Gasteiger partial charge in [-0.1, -0.05) is 12.1 Å². The maximum absolute atomic E-state index is 13.8. The Morgan fingerprint density at radius 1 is 1.03 bits per heavy atom. The molecule has 0 radical (unpaired) electrons. The van der Waals surface area contributed by atoms with E-state index < -0.39 is 20.7 Å². The number of sulfonamides is 1. The normalized spacial score (nSPS) is 18.7. The van der Waals surface area contributed by atoms with E-state index in [1.54, 1.807) is 17.3 Å². The number of hydrogen-bond donors (Lipinski definition) is 1. The van der Waals surface area contributed by atoms with Crippen molar-refractivity contribution in [2.24, 2.45) is 0 Å². The topological polar surface area (TPSA) is 91.8 Å². The Balaban J connectivity index is 1.16. The molecule has 0 aliphatic carbocycles. The van der Waals surface area contributed by atoms with Gasteiger partial charge in [0, 0.05) is 57.6 Å². The zero-order valence-electron chi connectivity index (χ0n) is 19.1. The molecule has 184 valence electrons. The molecule has 2 saturated heterocycles. The van der Waals surface area contributed by atoms with Crippen LogP contribution in [0.5, 0.6) is 5.75 Å². The maximum Gasteiger partial charge on any atom is 0.243 e. The number of hydrogen-bond acceptors (Lipinski definition) is 6. The van der Waals surface area contributed by atoms with Gasteiger partial charge in [0.05, 0.1) is 0 Å². The summed E-state index contributed by atoms with van der Waals surface area (Å²) in [6.07, 6.45) is 7.50. The number of aromatic nitrogens is 1. The van der Waals surface area contributed by atoms with Crippen LogP contribution in [0, 0.1) is 5.82 Å². The van der Waals surface area contributed by atoms with E-state index in [2.05, 4.69) is 14.6 Å². The number of amides is 1. The van der Waals surface area contributed by atoms with Gasteiger partial charge >= 0.3 is 0 Å². The summed E-state index contributed by atoms with van der Waals surface area (Å²) in [6.45, 7) is 3.23. The van der Waals surface area contributed by atoms with Gasteiger partial charge in [-0.05, 0) is 49.9 Å². The minimum absolute atomic E-state index is 0.0517. The lowest BCUT2D eigenvalue weighted by Crippen LogP contribution is -2.50. The zero-order valence-corrected chi connectivity index (χ0v) is 19.9. The van der Waals surface area contributed by atoms with E-state index >= 15 is 0 Å². The Morgan fingerprint density at radius 3 is 2.38 bits per heavy atom. The van der Waals surface area contributed by atoms with Crippen molar-refractivity contribution in [2.45, 2.75) is 49.1 Å². The van der Waals surface area contributed by atoms with Gasteiger partial charge in [0.25, 0.3) is 0 Å². The van der Waals surface area contributed by atoms with Crippen molar-refractivity contribution < 1.29 is 22.3 Å². The number of ether oxygens (including phenoxy) is 1. The number of rotatable bonds is 8. The van der Waals surface area contributed by atoms with Crippen molar-refractivity contribution in [3.63, 3.8) is 0 Å². The number of carbonyl (C=O) groups excluding carboxylic acids is 1. The van der Waals surface area contributed by atoms with Crippen LogP contribution in [-0.4, -0.2) is 74.0 Å². The molecule has 0 saturated carbocycles. The highest BCUT2D eigenvalue weighted by Crippen LogP contribution is 2.24. The highest BCUT2D eigenvalue weighted by molar-refractivity contribution is 7.89. The number of piperidine rings is 2. The molecule has 2 fully saturated rings. The van der Waals surface area contributed by atoms with Crippen LogP contribution in [0.15, 0.2) is 53.7 Å². The van der Waals surface area contributed by atoms with Gasteiger partial charge in [-0.25, -0.2) is 17.5 Å². The van der Waals surface area contributed by atoms with Gasteiger partial charge in [0.15, 0.2) is 0 Å². The third kappa shape index (κ3) is 6.31. The molecule has 2 aliphatic heterocycles. The number of nitrogens with one attached hydrogen (secondary N) is 1. The second kappa shape index (κ2) is 11.2. The minimum Gasteiger partial charge on any atom is -0.490 e. The van der Waals surface area contributed by atoms with E-state index in [1.165, 1.54) is 18.2 Å². The van der Waals surface area contributed by atoms with Gasteiger partial charge < -0.3 is 9.64 Å². The molecule has 0 unspecified atom stereocenters. The van der Waals surface area contributed by atoms with E-state index in [0.29, 0.717) is 19.1 Å². The van der Waals surface area contributed by atoms with Crippen molar-refractivity contribution in [1.29, 1.82) is 0 Å². The van der Waals surface area contributed by atoms with E-state index in [1.807, 2.05) is 12.1 Å². The molecule has 1 amide bonds. The summed E-state index contributed by atoms with van der Waals surface area (Å²) < 4.78 is 46.7. The summed E-state index contributed by atoms with van der Waals surface area (Å²) in [5.41, 5.74) is 0. The Hall–Kier alpha value is -2.56. The first-order chi connectivity index (χ1) is 16.4. The molecule has 0 bridgehead atoms. The third-order valence-corrected chi connectivity index (χ3v) is 8.01. The molecule has 8 nitrogen and oxygen atoms in total. The molecule has 10 heteroatoms. The van der Waals surface area contributed by atoms with E-state index in [9.17, 15) is 17.6 Å². The van der Waals surface area contributed by atoms with Crippen LogP contribution in [0.1, 0.15) is 32.1 Å². The first kappa shape index (κ1) is 24.6. The average Bonchev–Trinajstić information content (AvgIpc) is 2.85. The highest BCUT2D eigenvalue weighted by atomic mass is 32.2. The summed E-state index contributed by atoms with van der Waals surface area (Å²) in [5.74, 6) is -0.0352. The van der Waals surface area contributed by atoms with Crippen LogP contribution in [0.3, 0.4) is 0 Å². The summed E-state index contributed by atoms with van der Waals surface area (Å²) in [6, 6.07) is 9.40. The Labute approximate surface area is 200 Å². The van der Waals surface area contributed by atoms with Gasteiger partial charge in [0.1, 0.15) is 22.6 Å². The zero-order chi connectivity index (χ0) is 24.0. The predicted molar refractivity (Wildman–Crippen MR) is 125 cm³/mol. The monoisotopic (exact) mass is 490 g/mol. The fourth-order valence-corrected chi connectivity index (χ4v) is 5.75. The molecule has 1 aromatic carbocycles. The van der Waals surface area contributed by atoms with Crippen LogP contribution in [-0.2, 0) is 14.8 Å². The molecule has 34 heavy (non-hydrogen) atoms. The molecule has 3 heterocycles. The fourth-order valence-electron chi connectivity index (χ4n) is 4.64. The van der Waals surface area contributed by atoms with Crippen molar-refractivity contribution in [3.8, 4) is 5.75 Å². The van der Waals surface area contributed by atoms with Crippen LogP contribution >= 0.6 is 0 Å². The molecular formula is C24H31FN4O4S. The van der Waals surface area contributed by atoms with Crippen molar-refractivity contribution in [2.75, 3.05) is 32.7 Å². The summed E-state index contributed by atoms with van der Waals surface area (Å²) in [5, 5.41) is 0. The largest absolute Gasteiger partial charge is 0.490 e. The molecule has 2 aliphatic rings. The van der Waals surface area contributed by atoms with E-state index in [0.717, 1.165) is 50.6 Å². The molecule has 1 aromatic heterocycles. The first-order valence-corrected chi connectivity index (χ1v) is 13.2. The smallest absolute Gasteiger partial charge is 0.243 e. The second-order valence-corrected chi connectivity index (χ2v) is 10.5. The third-order valence-electron chi connectivity index (χ3n) is 6.52. The summed E-state index contributed by atoms with van der Waals surface area (Å²) in [7, 11) is -3.98. The highest BCUT2D eigenvalue weighted by Gasteiger charge is 2.30. The lowest BCUT2D eigenvalue weighted by Gasteiger charge is -2.41. The van der Waals surface area contributed by atoms with E-state index in [-0.39, 0.29) is 25.0 Å². The van der Waals surface area contributed by atoms with Gasteiger partial charge in [-0.15, -0.1) is 0 Å². The van der Waals surface area contributed by atoms with Crippen LogP contribution in [0.25, 0.3) is 0 Å². The van der Waals surface area contributed by atoms with Crippen LogP contribution in [0.2, 0.25) is 0 Å². The Kier molecular flexibility index (Phi) is 8.12. The lowest BCUT2D eigenvalue weighted by molar-refractivity contribution is -0.132. The first-order valence-electron chi connectivity index (χ1n) is 11.7. The number of carbonyl (C=O) groups is 1. The van der Waals surface area contributed by atoms with Crippen molar-refractivity contribution >= 4 is 15.9 Å². The molecule has 2 aromatic rings. The molecule has 0 atom stereocenters. The minimum atomic E-state index is -3.98. The Bertz CT molecular complexity index is 1050. The number of nitrogens with zero attached hydrogens (tertiary/aromatic N) is 3. The van der Waals surface area contributed by atoms with Crippen molar-refractivity contribution in [1.82, 2.24) is 19.5 Å². The standard InChI is InChI=1S/C24H31FN4O4S/c25-22-3-1-2-4-23(22)34(31,32)27-14-7-24(30)29-15-8-19(9-16-29)28-17-10-21(11-18-28)33-20-5-12-26-13-6-20/h1-6,12-13,19,21,27H,7-11,14-18H2. The van der Waals surface area contributed by atoms with Crippen molar-refractivity contribution in [3.05, 3.63) is 54.6 Å². The molecule has 4 rings (SSSR count). The average molecular weight is 491 g/mol. The number of likely N-dealkylation sites (tertiary alicyclic amines) is 2. The van der Waals surface area contributed by atoms with E-state index in [4.69, 9.17) is 4.74 Å². The van der Waals surface area contributed by atoms with Gasteiger partial charge in [-0.2, -0.15) is 0 Å². The summed E-state index contributed by atoms with van der Waals surface area (Å²) in [4.78, 5) is 20.5. The quantitative estimate of drug-likeness (QED) is 0.611. The lowest BCUT2D eigenvalue weighted by atomic mass is 9.98. The second-order valence-electron chi connectivity index (χ2n) is 8.73. The van der Waals surface area contributed by atoms with Crippen LogP contribution in [0.4, 0.5) is 4.39 Å². The molecule has 1 N–H and O–H groups in total. The fraction of sp³-hybridized carbons (Fsp3) is 0.500. The van der Waals surface area contributed by atoms with Gasteiger partial charge in [0.2, 0.25) is 15.9 Å². The number of benzene rings is 1. The SMILES string of the molecule is O=C(CCNS(=O)(=O)c1ccccc1F)N1CCC(N2CCC(Oc3ccncc3)CC2)CC1. The maximum atomic E-state index is 13.8. The summed E-state index contributed by atoms with van der Waals surface area (Å²) >= 11 is 0. The number of halogens is 1. The number of pyridine rings is 1. The Morgan fingerprint density at radius 2 is 1.71 bits per heavy atom.